The Balaban J connectivity index is 1.61. The van der Waals surface area contributed by atoms with Crippen molar-refractivity contribution in [1.29, 1.82) is 0 Å². The van der Waals surface area contributed by atoms with Gasteiger partial charge in [0, 0.05) is 48.5 Å². The van der Waals surface area contributed by atoms with E-state index in [1.807, 2.05) is 12.1 Å². The highest BCUT2D eigenvalue weighted by Crippen LogP contribution is 2.30. The van der Waals surface area contributed by atoms with Crippen molar-refractivity contribution in [3.05, 3.63) is 35.5 Å². The average molecular weight is 464 g/mol. The molecular weight excluding hydrogens is 430 g/mol. The lowest BCUT2D eigenvalue weighted by Gasteiger charge is -2.23. The molecule has 1 aliphatic heterocycles. The molecule has 1 aromatic carbocycles. The number of rotatable bonds is 6. The second-order valence-electron chi connectivity index (χ2n) is 9.34. The van der Waals surface area contributed by atoms with E-state index in [2.05, 4.69) is 34.4 Å². The fraction of sp³-hybridized carbons (Fsp3) is 0.519. The summed E-state index contributed by atoms with van der Waals surface area (Å²) in [6, 6.07) is 5.41. The Bertz CT molecular complexity index is 1110. The van der Waals surface area contributed by atoms with Crippen LogP contribution in [-0.4, -0.2) is 48.2 Å². The van der Waals surface area contributed by atoms with Crippen molar-refractivity contribution < 1.29 is 19.4 Å². The summed E-state index contributed by atoms with van der Waals surface area (Å²) in [6.45, 7) is 2.68. The summed E-state index contributed by atoms with van der Waals surface area (Å²) >= 11 is 0. The minimum Gasteiger partial charge on any atom is -0.475 e. The molecule has 0 radical (unpaired) electrons. The van der Waals surface area contributed by atoms with Crippen molar-refractivity contribution >= 4 is 22.6 Å². The van der Waals surface area contributed by atoms with Crippen molar-refractivity contribution in [3.63, 3.8) is 0 Å². The number of ether oxygens (including phenoxy) is 1. The van der Waals surface area contributed by atoms with Crippen LogP contribution in [0.3, 0.4) is 0 Å². The molecule has 7 heteroatoms. The second-order valence-corrected chi connectivity index (χ2v) is 9.34. The van der Waals surface area contributed by atoms with E-state index in [9.17, 15) is 14.7 Å². The molecule has 180 valence electrons. The van der Waals surface area contributed by atoms with Gasteiger partial charge in [-0.1, -0.05) is 25.2 Å². The lowest BCUT2D eigenvalue weighted by molar-refractivity contribution is -0.119. The molecule has 4 rings (SSSR count). The van der Waals surface area contributed by atoms with Gasteiger partial charge in [-0.2, -0.15) is 0 Å². The number of pyridine rings is 1. The van der Waals surface area contributed by atoms with Gasteiger partial charge in [0.15, 0.2) is 0 Å². The largest absolute Gasteiger partial charge is 0.475 e. The highest BCUT2D eigenvalue weighted by Gasteiger charge is 2.31. The molecule has 2 aromatic rings. The number of aliphatic hydroxyl groups excluding tert-OH is 1. The summed E-state index contributed by atoms with van der Waals surface area (Å²) in [5.74, 6) is 8.01. The van der Waals surface area contributed by atoms with Gasteiger partial charge in [0.1, 0.15) is 6.61 Å². The van der Waals surface area contributed by atoms with Gasteiger partial charge in [0.2, 0.25) is 11.8 Å². The van der Waals surface area contributed by atoms with Crippen molar-refractivity contribution in [1.82, 2.24) is 15.6 Å². The Hall–Kier alpha value is -3.11. The molecule has 2 heterocycles. The molecule has 0 bridgehead atoms. The first kappa shape index (κ1) is 24.0. The number of nitrogens with zero attached hydrogens (tertiary/aromatic N) is 1. The third-order valence-electron chi connectivity index (χ3n) is 7.14. The van der Waals surface area contributed by atoms with Gasteiger partial charge in [0.25, 0.3) is 5.91 Å². The van der Waals surface area contributed by atoms with Crippen LogP contribution in [0.25, 0.3) is 10.8 Å². The molecule has 2 fully saturated rings. The minimum atomic E-state index is -0.165. The zero-order valence-corrected chi connectivity index (χ0v) is 19.9. The van der Waals surface area contributed by atoms with Crippen LogP contribution in [0.1, 0.15) is 61.4 Å². The molecule has 1 aromatic heterocycles. The van der Waals surface area contributed by atoms with Crippen LogP contribution in [0, 0.1) is 29.6 Å². The van der Waals surface area contributed by atoms with Crippen LogP contribution in [0.4, 0.5) is 0 Å². The van der Waals surface area contributed by atoms with E-state index in [1.165, 1.54) is 0 Å². The van der Waals surface area contributed by atoms with Crippen molar-refractivity contribution in [3.8, 4) is 17.7 Å². The molecule has 3 N–H and O–H groups in total. The van der Waals surface area contributed by atoms with Crippen molar-refractivity contribution in [2.75, 3.05) is 20.3 Å². The fourth-order valence-electron chi connectivity index (χ4n) is 4.92. The van der Waals surface area contributed by atoms with E-state index in [0.717, 1.165) is 48.4 Å². The summed E-state index contributed by atoms with van der Waals surface area (Å²) in [4.78, 5) is 28.6. The van der Waals surface area contributed by atoms with Gasteiger partial charge >= 0.3 is 0 Å². The van der Waals surface area contributed by atoms with Gasteiger partial charge in [-0.05, 0) is 55.7 Å². The number of carbonyl (C=O) groups is 2. The number of aromatic nitrogens is 1. The average Bonchev–Trinajstić information content (AvgIpc) is 3.25. The number of amides is 2. The molecule has 1 saturated heterocycles. The number of carbonyl (C=O) groups excluding carboxylic acids is 2. The topological polar surface area (TPSA) is 101 Å². The summed E-state index contributed by atoms with van der Waals surface area (Å²) < 4.78 is 6.09. The Morgan fingerprint density at radius 1 is 1.26 bits per heavy atom. The first-order chi connectivity index (χ1) is 16.5. The number of fused-ring (bicyclic) bond motifs is 1. The summed E-state index contributed by atoms with van der Waals surface area (Å²) in [6.07, 6.45) is 7.12. The maximum Gasteiger partial charge on any atom is 0.251 e. The minimum absolute atomic E-state index is 0.0343. The molecule has 2 aliphatic rings. The molecular formula is C27H33N3O4. The fourth-order valence-corrected chi connectivity index (χ4v) is 4.92. The third kappa shape index (κ3) is 5.34. The molecule has 1 aliphatic carbocycles. The monoisotopic (exact) mass is 463 g/mol. The predicted octanol–water partition coefficient (Wildman–Crippen LogP) is 3.04. The SMILES string of the molecule is CC[C@@H]1CC(=O)N[C@@H]1COc1ncc(C#CC2CCC(CO)CC2)c2cc(C(=O)NC)ccc12. The van der Waals surface area contributed by atoms with E-state index in [4.69, 9.17) is 4.74 Å². The number of hydrogen-bond acceptors (Lipinski definition) is 5. The number of aliphatic hydroxyl groups is 1. The van der Waals surface area contributed by atoms with Crippen LogP contribution in [0.2, 0.25) is 0 Å². The third-order valence-corrected chi connectivity index (χ3v) is 7.14. The van der Waals surface area contributed by atoms with Crippen LogP contribution in [0.5, 0.6) is 5.88 Å². The maximum atomic E-state index is 12.3. The zero-order valence-electron chi connectivity index (χ0n) is 19.9. The second kappa shape index (κ2) is 10.9. The normalized spacial score (nSPS) is 24.3. The zero-order chi connectivity index (χ0) is 24.1. The Labute approximate surface area is 200 Å². The van der Waals surface area contributed by atoms with E-state index in [1.54, 1.807) is 19.3 Å². The van der Waals surface area contributed by atoms with E-state index >= 15 is 0 Å². The molecule has 2 amide bonds. The van der Waals surface area contributed by atoms with E-state index < -0.39 is 0 Å². The van der Waals surface area contributed by atoms with Crippen LogP contribution < -0.4 is 15.4 Å². The summed E-state index contributed by atoms with van der Waals surface area (Å²) in [5.41, 5.74) is 1.31. The highest BCUT2D eigenvalue weighted by molar-refractivity contribution is 6.01. The van der Waals surface area contributed by atoms with Crippen molar-refractivity contribution in [2.24, 2.45) is 17.8 Å². The van der Waals surface area contributed by atoms with Gasteiger partial charge < -0.3 is 20.5 Å². The van der Waals surface area contributed by atoms with Crippen LogP contribution >= 0.6 is 0 Å². The van der Waals surface area contributed by atoms with E-state index in [-0.39, 0.29) is 30.4 Å². The Morgan fingerprint density at radius 3 is 2.76 bits per heavy atom. The van der Waals surface area contributed by atoms with Gasteiger partial charge in [-0.25, -0.2) is 4.98 Å². The Morgan fingerprint density at radius 2 is 2.06 bits per heavy atom. The number of hydrogen-bond donors (Lipinski definition) is 3. The summed E-state index contributed by atoms with van der Waals surface area (Å²) in [5, 5.41) is 16.6. The highest BCUT2D eigenvalue weighted by atomic mass is 16.5. The summed E-state index contributed by atoms with van der Waals surface area (Å²) in [7, 11) is 1.61. The molecule has 34 heavy (non-hydrogen) atoms. The van der Waals surface area contributed by atoms with Gasteiger partial charge in [-0.15, -0.1) is 0 Å². The lowest BCUT2D eigenvalue weighted by Crippen LogP contribution is -2.34. The standard InChI is InChI=1S/C27H33N3O4/c1-3-19-13-25(32)30-24(19)16-34-27-22-11-10-20(26(33)28-2)12-23(22)21(14-29-27)9-8-17-4-6-18(15-31)7-5-17/h10-12,14,17-19,24,31H,3-7,13,15-16H2,1-2H3,(H,28,33)(H,30,32)/t17?,18?,19-,24-/m1/s1. The molecule has 2 atom stereocenters. The number of nitrogens with one attached hydrogen (secondary N) is 2. The molecule has 0 spiro atoms. The smallest absolute Gasteiger partial charge is 0.251 e. The van der Waals surface area contributed by atoms with Crippen molar-refractivity contribution in [2.45, 2.75) is 51.5 Å². The molecule has 7 nitrogen and oxygen atoms in total. The van der Waals surface area contributed by atoms with Crippen LogP contribution in [-0.2, 0) is 4.79 Å². The molecule has 1 saturated carbocycles. The molecule has 0 unspecified atom stereocenters. The maximum absolute atomic E-state index is 12.3. The van der Waals surface area contributed by atoms with E-state index in [0.29, 0.717) is 36.3 Å². The number of benzene rings is 1. The predicted molar refractivity (Wildman–Crippen MR) is 130 cm³/mol. The first-order valence-electron chi connectivity index (χ1n) is 12.2. The van der Waals surface area contributed by atoms with Gasteiger partial charge in [0.05, 0.1) is 11.6 Å². The lowest BCUT2D eigenvalue weighted by atomic mass is 9.82. The quantitative estimate of drug-likeness (QED) is 0.572. The first-order valence-corrected chi connectivity index (χ1v) is 12.2. The Kier molecular flexibility index (Phi) is 7.69. The van der Waals surface area contributed by atoms with Crippen LogP contribution in [0.15, 0.2) is 24.4 Å². The van der Waals surface area contributed by atoms with Gasteiger partial charge in [-0.3, -0.25) is 9.59 Å².